The molecule has 0 radical (unpaired) electrons. The van der Waals surface area contributed by atoms with Crippen LogP contribution >= 0.6 is 0 Å². The fourth-order valence-corrected chi connectivity index (χ4v) is 2.98. The fraction of sp³-hybridized carbons (Fsp3) is 0.571. The number of benzene rings is 1. The van der Waals surface area contributed by atoms with Crippen LogP contribution < -0.4 is 14.8 Å². The van der Waals surface area contributed by atoms with Crippen LogP contribution in [0.4, 0.5) is 5.69 Å². The molecule has 1 spiro atoms. The van der Waals surface area contributed by atoms with E-state index in [-0.39, 0.29) is 0 Å². The molecule has 1 aliphatic carbocycles. The van der Waals surface area contributed by atoms with Crippen molar-refractivity contribution in [2.45, 2.75) is 25.7 Å². The molecule has 0 atom stereocenters. The van der Waals surface area contributed by atoms with E-state index in [4.69, 9.17) is 9.47 Å². The Hall–Kier alpha value is -1.38. The molecule has 3 rings (SSSR count). The second-order valence-electron chi connectivity index (χ2n) is 5.18. The lowest BCUT2D eigenvalue weighted by Crippen LogP contribution is -2.30. The number of hydrogen-bond acceptors (Lipinski definition) is 3. The highest BCUT2D eigenvalue weighted by Gasteiger charge is 2.37. The third-order valence-electron chi connectivity index (χ3n) is 4.05. The first-order valence-electron chi connectivity index (χ1n) is 6.37. The number of rotatable bonds is 1. The van der Waals surface area contributed by atoms with Gasteiger partial charge >= 0.3 is 0 Å². The van der Waals surface area contributed by atoms with Crippen molar-refractivity contribution >= 4 is 5.69 Å². The Labute approximate surface area is 102 Å². The lowest BCUT2D eigenvalue weighted by molar-refractivity contribution is 0.169. The highest BCUT2D eigenvalue weighted by Crippen LogP contribution is 2.44. The highest BCUT2D eigenvalue weighted by atomic mass is 16.5. The molecule has 3 nitrogen and oxygen atoms in total. The summed E-state index contributed by atoms with van der Waals surface area (Å²) in [6.45, 7) is 1.83. The van der Waals surface area contributed by atoms with Gasteiger partial charge in [0.05, 0.1) is 13.7 Å². The van der Waals surface area contributed by atoms with Gasteiger partial charge in [-0.1, -0.05) is 18.9 Å². The van der Waals surface area contributed by atoms with Gasteiger partial charge in [-0.05, 0) is 25.0 Å². The van der Waals surface area contributed by atoms with Gasteiger partial charge < -0.3 is 14.8 Å². The standard InChI is InChI=1S/C14H19NO2/c1-16-11-5-4-6-12-13(11)15-9-14(10-17-12)7-2-3-8-14/h4-6,15H,2-3,7-10H2,1H3. The third-order valence-corrected chi connectivity index (χ3v) is 4.05. The summed E-state index contributed by atoms with van der Waals surface area (Å²) in [5.74, 6) is 1.80. The molecule has 92 valence electrons. The monoisotopic (exact) mass is 233 g/mol. The van der Waals surface area contributed by atoms with Crippen LogP contribution in [0, 0.1) is 5.41 Å². The minimum Gasteiger partial charge on any atom is -0.494 e. The van der Waals surface area contributed by atoms with Gasteiger partial charge in [-0.2, -0.15) is 0 Å². The lowest BCUT2D eigenvalue weighted by atomic mass is 9.87. The summed E-state index contributed by atoms with van der Waals surface area (Å²) in [4.78, 5) is 0. The van der Waals surface area contributed by atoms with Gasteiger partial charge in [0, 0.05) is 12.0 Å². The van der Waals surface area contributed by atoms with Gasteiger partial charge in [0.15, 0.2) is 0 Å². The van der Waals surface area contributed by atoms with Crippen molar-refractivity contribution in [1.29, 1.82) is 0 Å². The van der Waals surface area contributed by atoms with Crippen LogP contribution in [0.15, 0.2) is 18.2 Å². The molecular weight excluding hydrogens is 214 g/mol. The molecule has 17 heavy (non-hydrogen) atoms. The van der Waals surface area contributed by atoms with Crippen molar-refractivity contribution in [3.8, 4) is 11.5 Å². The summed E-state index contributed by atoms with van der Waals surface area (Å²) in [6.07, 6.45) is 5.21. The Balaban J connectivity index is 1.89. The molecule has 0 amide bonds. The van der Waals surface area contributed by atoms with Crippen LogP contribution in [0.3, 0.4) is 0 Å². The second kappa shape index (κ2) is 4.13. The molecule has 1 heterocycles. The number of hydrogen-bond donors (Lipinski definition) is 1. The van der Waals surface area contributed by atoms with Crippen molar-refractivity contribution in [3.63, 3.8) is 0 Å². The molecule has 1 N–H and O–H groups in total. The van der Waals surface area contributed by atoms with E-state index in [9.17, 15) is 0 Å². The normalized spacial score (nSPS) is 21.2. The van der Waals surface area contributed by atoms with E-state index in [1.165, 1.54) is 25.7 Å². The van der Waals surface area contributed by atoms with Gasteiger partial charge in [0.25, 0.3) is 0 Å². The van der Waals surface area contributed by atoms with E-state index < -0.39 is 0 Å². The van der Waals surface area contributed by atoms with Crippen molar-refractivity contribution in [3.05, 3.63) is 18.2 Å². The van der Waals surface area contributed by atoms with E-state index in [0.717, 1.165) is 30.3 Å². The topological polar surface area (TPSA) is 30.5 Å². The van der Waals surface area contributed by atoms with E-state index in [0.29, 0.717) is 5.41 Å². The first-order chi connectivity index (χ1) is 8.33. The van der Waals surface area contributed by atoms with Crippen LogP contribution in [0.1, 0.15) is 25.7 Å². The number of para-hydroxylation sites is 1. The molecule has 1 aromatic carbocycles. The summed E-state index contributed by atoms with van der Waals surface area (Å²) in [7, 11) is 1.70. The van der Waals surface area contributed by atoms with E-state index >= 15 is 0 Å². The van der Waals surface area contributed by atoms with Gasteiger partial charge in [0.2, 0.25) is 0 Å². The summed E-state index contributed by atoms with van der Waals surface area (Å²) in [5, 5.41) is 3.53. The summed E-state index contributed by atoms with van der Waals surface area (Å²) >= 11 is 0. The van der Waals surface area contributed by atoms with Gasteiger partial charge in [-0.15, -0.1) is 0 Å². The van der Waals surface area contributed by atoms with E-state index in [1.807, 2.05) is 18.2 Å². The van der Waals surface area contributed by atoms with Gasteiger partial charge in [-0.3, -0.25) is 0 Å². The maximum Gasteiger partial charge on any atom is 0.146 e. The van der Waals surface area contributed by atoms with E-state index in [1.54, 1.807) is 7.11 Å². The Kier molecular flexibility index (Phi) is 2.61. The summed E-state index contributed by atoms with van der Waals surface area (Å²) in [6, 6.07) is 5.96. The molecule has 0 bridgehead atoms. The van der Waals surface area contributed by atoms with Gasteiger partial charge in [0.1, 0.15) is 17.2 Å². The molecule has 1 aliphatic heterocycles. The molecule has 1 saturated carbocycles. The number of ether oxygens (including phenoxy) is 2. The first-order valence-corrected chi connectivity index (χ1v) is 6.37. The van der Waals surface area contributed by atoms with Crippen molar-refractivity contribution in [2.24, 2.45) is 5.41 Å². The molecule has 0 unspecified atom stereocenters. The largest absolute Gasteiger partial charge is 0.494 e. The average Bonchev–Trinajstić information content (AvgIpc) is 2.74. The number of anilines is 1. The highest BCUT2D eigenvalue weighted by molar-refractivity contribution is 5.66. The van der Waals surface area contributed by atoms with Crippen molar-refractivity contribution < 1.29 is 9.47 Å². The predicted molar refractivity (Wildman–Crippen MR) is 67.9 cm³/mol. The zero-order chi connectivity index (χ0) is 11.7. The number of nitrogens with one attached hydrogen (secondary N) is 1. The smallest absolute Gasteiger partial charge is 0.146 e. The number of fused-ring (bicyclic) bond motifs is 1. The molecular formula is C14H19NO2. The predicted octanol–water partition coefficient (Wildman–Crippen LogP) is 3.06. The van der Waals surface area contributed by atoms with Crippen LogP contribution in [0.2, 0.25) is 0 Å². The average molecular weight is 233 g/mol. The molecule has 1 aromatic rings. The molecule has 1 fully saturated rings. The summed E-state index contributed by atoms with van der Waals surface area (Å²) in [5.41, 5.74) is 1.35. The zero-order valence-corrected chi connectivity index (χ0v) is 10.3. The molecule has 3 heteroatoms. The van der Waals surface area contributed by atoms with Crippen LogP contribution in [-0.2, 0) is 0 Å². The Morgan fingerprint density at radius 3 is 2.88 bits per heavy atom. The van der Waals surface area contributed by atoms with E-state index in [2.05, 4.69) is 5.32 Å². The van der Waals surface area contributed by atoms with Crippen LogP contribution in [-0.4, -0.2) is 20.3 Å². The SMILES string of the molecule is COc1cccc2c1NCC1(CCCC1)CO2. The van der Waals surface area contributed by atoms with Crippen LogP contribution in [0.25, 0.3) is 0 Å². The first kappa shape index (κ1) is 10.8. The molecule has 0 saturated heterocycles. The third kappa shape index (κ3) is 1.84. The Morgan fingerprint density at radius 2 is 2.12 bits per heavy atom. The Morgan fingerprint density at radius 1 is 1.29 bits per heavy atom. The maximum atomic E-state index is 5.99. The fourth-order valence-electron chi connectivity index (χ4n) is 2.98. The second-order valence-corrected chi connectivity index (χ2v) is 5.18. The van der Waals surface area contributed by atoms with Crippen molar-refractivity contribution in [2.75, 3.05) is 25.6 Å². The quantitative estimate of drug-likeness (QED) is 0.808. The zero-order valence-electron chi connectivity index (χ0n) is 10.3. The molecule has 0 aromatic heterocycles. The molecule has 2 aliphatic rings. The lowest BCUT2D eigenvalue weighted by Gasteiger charge is -2.25. The van der Waals surface area contributed by atoms with Gasteiger partial charge in [-0.25, -0.2) is 0 Å². The summed E-state index contributed by atoms with van der Waals surface area (Å²) < 4.78 is 11.4. The van der Waals surface area contributed by atoms with Crippen molar-refractivity contribution in [1.82, 2.24) is 0 Å². The minimum atomic E-state index is 0.337. The van der Waals surface area contributed by atoms with Crippen LogP contribution in [0.5, 0.6) is 11.5 Å². The number of methoxy groups -OCH3 is 1. The minimum absolute atomic E-state index is 0.337. The maximum absolute atomic E-state index is 5.99. The Bertz CT molecular complexity index is 411.